The second-order valence-corrected chi connectivity index (χ2v) is 8.00. The van der Waals surface area contributed by atoms with Crippen LogP contribution in [0.2, 0.25) is 0 Å². The fourth-order valence-corrected chi connectivity index (χ4v) is 4.41. The summed E-state index contributed by atoms with van der Waals surface area (Å²) in [5.41, 5.74) is 3.69. The Morgan fingerprint density at radius 2 is 1.67 bits per heavy atom. The first-order valence-corrected chi connectivity index (χ1v) is 10.7. The molecule has 2 aliphatic heterocycles. The third kappa shape index (κ3) is 3.81. The third-order valence-electron chi connectivity index (χ3n) is 4.99. The van der Waals surface area contributed by atoms with Crippen LogP contribution in [-0.4, -0.2) is 52.1 Å². The highest BCUT2D eigenvalue weighted by molar-refractivity contribution is 8.18. The van der Waals surface area contributed by atoms with Crippen LogP contribution in [0, 0.1) is 0 Å². The van der Waals surface area contributed by atoms with Crippen LogP contribution >= 0.6 is 11.8 Å². The second kappa shape index (κ2) is 8.30. The van der Waals surface area contributed by atoms with Crippen LogP contribution < -0.4 is 0 Å². The van der Waals surface area contributed by atoms with Gasteiger partial charge in [-0.1, -0.05) is 48.5 Å². The van der Waals surface area contributed by atoms with Gasteiger partial charge in [-0.15, -0.1) is 0 Å². The van der Waals surface area contributed by atoms with E-state index in [4.69, 9.17) is 9.84 Å². The van der Waals surface area contributed by atoms with Crippen LogP contribution in [-0.2, 0) is 9.53 Å². The average Bonchev–Trinajstić information content (AvgIpc) is 3.40. The fourth-order valence-electron chi connectivity index (χ4n) is 3.46. The van der Waals surface area contributed by atoms with E-state index < -0.39 is 0 Å². The maximum atomic E-state index is 12.6. The minimum absolute atomic E-state index is 0.201. The van der Waals surface area contributed by atoms with Crippen LogP contribution in [0.15, 0.2) is 76.8 Å². The van der Waals surface area contributed by atoms with Crippen LogP contribution in [0.25, 0.3) is 23.0 Å². The summed E-state index contributed by atoms with van der Waals surface area (Å²) in [5.74, 6) is -0.201. The summed E-state index contributed by atoms with van der Waals surface area (Å²) in [4.78, 5) is 19.6. The molecule has 5 rings (SSSR count). The number of ether oxygens (including phenoxy) is 1. The molecule has 2 aliphatic rings. The van der Waals surface area contributed by atoms with Gasteiger partial charge < -0.3 is 9.64 Å². The Kier molecular flexibility index (Phi) is 5.21. The van der Waals surface area contributed by atoms with Crippen molar-refractivity contribution in [1.29, 1.82) is 0 Å². The van der Waals surface area contributed by atoms with Gasteiger partial charge in [-0.25, -0.2) is 4.68 Å². The Morgan fingerprint density at radius 1 is 0.967 bits per heavy atom. The van der Waals surface area contributed by atoms with E-state index in [0.717, 1.165) is 40.8 Å². The molecule has 0 unspecified atom stereocenters. The number of hydrogen-bond donors (Lipinski definition) is 0. The highest BCUT2D eigenvalue weighted by atomic mass is 32.2. The second-order valence-electron chi connectivity index (χ2n) is 6.99. The molecule has 6 nitrogen and oxygen atoms in total. The molecule has 0 saturated carbocycles. The Balaban J connectivity index is 1.50. The van der Waals surface area contributed by atoms with Crippen molar-refractivity contribution in [2.45, 2.75) is 0 Å². The van der Waals surface area contributed by atoms with Crippen LogP contribution in [0.5, 0.6) is 0 Å². The number of thioether (sulfide) groups is 1. The SMILES string of the molecule is O=C1N=C(N2CCOCC2)SC1=Cc1cn(-c2ccccc2)nc1-c1ccccc1. The molecule has 0 N–H and O–H groups in total. The van der Waals surface area contributed by atoms with Crippen LogP contribution in [0.1, 0.15) is 5.56 Å². The Morgan fingerprint density at radius 3 is 2.40 bits per heavy atom. The number of benzene rings is 2. The van der Waals surface area contributed by atoms with Gasteiger partial charge in [0.15, 0.2) is 5.17 Å². The summed E-state index contributed by atoms with van der Waals surface area (Å²) in [6.45, 7) is 2.84. The van der Waals surface area contributed by atoms with E-state index in [-0.39, 0.29) is 5.91 Å². The molecule has 1 aromatic heterocycles. The monoisotopic (exact) mass is 416 g/mol. The molecule has 0 atom stereocenters. The quantitative estimate of drug-likeness (QED) is 0.607. The summed E-state index contributed by atoms with van der Waals surface area (Å²) in [6, 6.07) is 20.0. The van der Waals surface area contributed by atoms with Gasteiger partial charge in [0, 0.05) is 30.4 Å². The number of carbonyl (C=O) groups excluding carboxylic acids is 1. The molecule has 0 bridgehead atoms. The van der Waals surface area contributed by atoms with Gasteiger partial charge in [0.2, 0.25) is 0 Å². The van der Waals surface area contributed by atoms with Gasteiger partial charge in [-0.3, -0.25) is 4.79 Å². The zero-order valence-corrected chi connectivity index (χ0v) is 17.1. The predicted molar refractivity (Wildman–Crippen MR) is 119 cm³/mol. The van der Waals surface area contributed by atoms with E-state index in [0.29, 0.717) is 18.1 Å². The highest BCUT2D eigenvalue weighted by Crippen LogP contribution is 2.33. The number of morpholine rings is 1. The van der Waals surface area contributed by atoms with Crippen molar-refractivity contribution in [2.75, 3.05) is 26.3 Å². The van der Waals surface area contributed by atoms with Crippen molar-refractivity contribution in [3.8, 4) is 16.9 Å². The lowest BCUT2D eigenvalue weighted by atomic mass is 10.1. The highest BCUT2D eigenvalue weighted by Gasteiger charge is 2.27. The first kappa shape index (κ1) is 18.8. The number of rotatable bonds is 3. The van der Waals surface area contributed by atoms with E-state index in [9.17, 15) is 4.79 Å². The van der Waals surface area contributed by atoms with Crippen LogP contribution in [0.4, 0.5) is 0 Å². The van der Waals surface area contributed by atoms with E-state index in [1.54, 1.807) is 0 Å². The van der Waals surface area contributed by atoms with Crippen molar-refractivity contribution in [3.63, 3.8) is 0 Å². The van der Waals surface area contributed by atoms with Gasteiger partial charge in [0.1, 0.15) is 0 Å². The predicted octanol–water partition coefficient (Wildman–Crippen LogP) is 3.84. The lowest BCUT2D eigenvalue weighted by Gasteiger charge is -2.27. The first-order chi connectivity index (χ1) is 14.8. The van der Waals surface area contributed by atoms with E-state index in [1.165, 1.54) is 11.8 Å². The largest absolute Gasteiger partial charge is 0.378 e. The van der Waals surface area contributed by atoms with Gasteiger partial charge in [0.25, 0.3) is 5.91 Å². The van der Waals surface area contributed by atoms with E-state index in [2.05, 4.69) is 9.89 Å². The van der Waals surface area contributed by atoms with Crippen molar-refractivity contribution in [2.24, 2.45) is 4.99 Å². The van der Waals surface area contributed by atoms with Gasteiger partial charge >= 0.3 is 0 Å². The molecule has 1 amide bonds. The van der Waals surface area contributed by atoms with Crippen molar-refractivity contribution in [3.05, 3.63) is 77.3 Å². The summed E-state index contributed by atoms with van der Waals surface area (Å²) in [6.07, 6.45) is 3.87. The number of hydrogen-bond acceptors (Lipinski definition) is 5. The molecule has 2 aromatic carbocycles. The Bertz CT molecular complexity index is 1120. The minimum Gasteiger partial charge on any atom is -0.378 e. The van der Waals surface area contributed by atoms with E-state index in [1.807, 2.05) is 77.6 Å². The molecule has 150 valence electrons. The molecule has 7 heteroatoms. The molecule has 1 saturated heterocycles. The zero-order valence-electron chi connectivity index (χ0n) is 16.3. The molecular weight excluding hydrogens is 396 g/mol. The Labute approximate surface area is 178 Å². The number of aromatic nitrogens is 2. The smallest absolute Gasteiger partial charge is 0.286 e. The maximum Gasteiger partial charge on any atom is 0.286 e. The summed E-state index contributed by atoms with van der Waals surface area (Å²) in [5, 5.41) is 5.57. The standard InChI is InChI=1S/C23H20N4O2S/c28-22-20(30-23(24-22)26-11-13-29-14-12-26)15-18-16-27(19-9-5-2-6-10-19)25-21(18)17-7-3-1-4-8-17/h1-10,15-16H,11-14H2. The summed E-state index contributed by atoms with van der Waals surface area (Å²) in [7, 11) is 0. The van der Waals surface area contributed by atoms with Crippen molar-refractivity contribution >= 4 is 28.9 Å². The van der Waals surface area contributed by atoms with E-state index >= 15 is 0 Å². The van der Waals surface area contributed by atoms with Gasteiger partial charge in [0.05, 0.1) is 29.5 Å². The van der Waals surface area contributed by atoms with Crippen molar-refractivity contribution < 1.29 is 9.53 Å². The molecule has 1 fully saturated rings. The number of carbonyl (C=O) groups is 1. The lowest BCUT2D eigenvalue weighted by molar-refractivity contribution is -0.113. The fraction of sp³-hybridized carbons (Fsp3) is 0.174. The normalized spacial score (nSPS) is 18.1. The lowest BCUT2D eigenvalue weighted by Crippen LogP contribution is -2.38. The zero-order chi connectivity index (χ0) is 20.3. The van der Waals surface area contributed by atoms with Crippen LogP contribution in [0.3, 0.4) is 0 Å². The number of aliphatic imine (C=N–C) groups is 1. The summed E-state index contributed by atoms with van der Waals surface area (Å²) >= 11 is 1.42. The van der Waals surface area contributed by atoms with Gasteiger partial charge in [-0.2, -0.15) is 10.1 Å². The van der Waals surface area contributed by atoms with Crippen molar-refractivity contribution in [1.82, 2.24) is 14.7 Å². The third-order valence-corrected chi connectivity index (χ3v) is 6.03. The Hall–Kier alpha value is -3.16. The van der Waals surface area contributed by atoms with Gasteiger partial charge in [-0.05, 0) is 30.0 Å². The molecule has 3 aromatic rings. The topological polar surface area (TPSA) is 59.7 Å². The first-order valence-electron chi connectivity index (χ1n) is 9.84. The molecule has 3 heterocycles. The molecular formula is C23H20N4O2S. The molecule has 30 heavy (non-hydrogen) atoms. The average molecular weight is 417 g/mol. The molecule has 0 aliphatic carbocycles. The minimum atomic E-state index is -0.201. The molecule has 0 spiro atoms. The maximum absolute atomic E-state index is 12.6. The number of amidine groups is 1. The number of para-hydroxylation sites is 1. The number of amides is 1. The molecule has 0 radical (unpaired) electrons. The summed E-state index contributed by atoms with van der Waals surface area (Å²) < 4.78 is 7.25. The number of nitrogens with zero attached hydrogens (tertiary/aromatic N) is 4.